The minimum absolute atomic E-state index is 0.0413. The molecule has 0 spiro atoms. The van der Waals surface area contributed by atoms with Crippen molar-refractivity contribution in [2.75, 3.05) is 18.1 Å². The van der Waals surface area contributed by atoms with E-state index >= 15 is 0 Å². The summed E-state index contributed by atoms with van der Waals surface area (Å²) < 4.78 is 19.5. The van der Waals surface area contributed by atoms with E-state index in [9.17, 15) is 18.8 Å². The van der Waals surface area contributed by atoms with Crippen LogP contribution in [0.5, 0.6) is 0 Å². The molecule has 0 bridgehead atoms. The van der Waals surface area contributed by atoms with Crippen LogP contribution in [-0.2, 0) is 16.0 Å². The second kappa shape index (κ2) is 9.60. The zero-order valence-electron chi connectivity index (χ0n) is 21.6. The maximum absolute atomic E-state index is 14.2. The van der Waals surface area contributed by atoms with E-state index in [4.69, 9.17) is 4.74 Å². The zero-order chi connectivity index (χ0) is 27.4. The van der Waals surface area contributed by atoms with Crippen LogP contribution < -0.4 is 10.2 Å². The van der Waals surface area contributed by atoms with E-state index < -0.39 is 24.0 Å². The fourth-order valence-electron chi connectivity index (χ4n) is 6.26. The van der Waals surface area contributed by atoms with Crippen molar-refractivity contribution in [2.24, 2.45) is 0 Å². The number of amides is 4. The third kappa shape index (κ3) is 3.88. The predicted octanol–water partition coefficient (Wildman–Crippen LogP) is 4.70. The van der Waals surface area contributed by atoms with Crippen LogP contribution in [0.2, 0.25) is 0 Å². The Bertz CT molecular complexity index is 1640. The molecule has 0 aliphatic carbocycles. The highest BCUT2D eigenvalue weighted by atomic mass is 19.1. The summed E-state index contributed by atoms with van der Waals surface area (Å²) in [6.07, 6.45) is 2.12. The number of carbonyl (C=O) groups excluding carboxylic acids is 3. The van der Waals surface area contributed by atoms with Crippen molar-refractivity contribution in [3.8, 4) is 0 Å². The van der Waals surface area contributed by atoms with Crippen LogP contribution in [0, 0.1) is 5.82 Å². The smallest absolute Gasteiger partial charge is 0.332 e. The third-order valence-electron chi connectivity index (χ3n) is 8.14. The number of urea groups is 1. The molecule has 3 unspecified atom stereocenters. The Hall–Kier alpha value is -4.50. The summed E-state index contributed by atoms with van der Waals surface area (Å²) in [6, 6.07) is 18.5. The lowest BCUT2D eigenvalue weighted by Crippen LogP contribution is -2.44. The number of anilines is 1. The van der Waals surface area contributed by atoms with E-state index in [0.717, 1.165) is 39.9 Å². The molecule has 4 aromatic rings. The first-order valence-corrected chi connectivity index (χ1v) is 13.5. The zero-order valence-corrected chi connectivity index (χ0v) is 21.6. The Morgan fingerprint density at radius 3 is 2.60 bits per heavy atom. The number of hydrogen-bond donors (Lipinski definition) is 2. The van der Waals surface area contributed by atoms with Crippen LogP contribution in [0.4, 0.5) is 14.9 Å². The van der Waals surface area contributed by atoms with E-state index in [2.05, 4.69) is 10.3 Å². The van der Waals surface area contributed by atoms with E-state index in [1.807, 2.05) is 24.3 Å². The Morgan fingerprint density at radius 1 is 1.02 bits per heavy atom. The first kappa shape index (κ1) is 24.5. The fraction of sp³-hybridized carbons (Fsp3) is 0.258. The van der Waals surface area contributed by atoms with Gasteiger partial charge < -0.3 is 15.0 Å². The molecule has 4 amide bonds. The second-order valence-corrected chi connectivity index (χ2v) is 10.5. The highest BCUT2D eigenvalue weighted by molar-refractivity contribution is 6.24. The first-order chi connectivity index (χ1) is 19.5. The molecule has 202 valence electrons. The number of carbonyl (C=O) groups is 3. The third-order valence-corrected chi connectivity index (χ3v) is 8.14. The number of imide groups is 1. The number of nitrogens with zero attached hydrogens (tertiary/aromatic N) is 2. The van der Waals surface area contributed by atoms with Crippen molar-refractivity contribution in [3.05, 3.63) is 101 Å². The lowest BCUT2D eigenvalue weighted by atomic mass is 9.89. The fourth-order valence-corrected chi connectivity index (χ4v) is 6.26. The van der Waals surface area contributed by atoms with Crippen molar-refractivity contribution in [1.29, 1.82) is 0 Å². The van der Waals surface area contributed by atoms with Gasteiger partial charge in [-0.05, 0) is 54.3 Å². The average molecular weight is 539 g/mol. The number of rotatable bonds is 5. The summed E-state index contributed by atoms with van der Waals surface area (Å²) in [4.78, 5) is 47.6. The second-order valence-electron chi connectivity index (χ2n) is 10.5. The molecule has 4 heterocycles. The van der Waals surface area contributed by atoms with Crippen molar-refractivity contribution in [2.45, 2.75) is 37.5 Å². The minimum Gasteiger partial charge on any atom is -0.376 e. The summed E-state index contributed by atoms with van der Waals surface area (Å²) in [5.41, 5.74) is 3.83. The van der Waals surface area contributed by atoms with Gasteiger partial charge in [0.05, 0.1) is 17.4 Å². The van der Waals surface area contributed by atoms with Gasteiger partial charge in [-0.15, -0.1) is 0 Å². The number of aromatic amines is 1. The summed E-state index contributed by atoms with van der Waals surface area (Å²) in [6.45, 7) is 1.04. The van der Waals surface area contributed by atoms with Gasteiger partial charge in [0.1, 0.15) is 17.9 Å². The molecule has 1 aromatic heterocycles. The van der Waals surface area contributed by atoms with Gasteiger partial charge in [-0.2, -0.15) is 0 Å². The molecular formula is C31H27FN4O4. The van der Waals surface area contributed by atoms with E-state index in [-0.39, 0.29) is 29.1 Å². The number of ether oxygens (including phenoxy) is 1. The van der Waals surface area contributed by atoms with Gasteiger partial charge in [0.2, 0.25) is 0 Å². The maximum Gasteiger partial charge on any atom is 0.332 e. The molecule has 2 N–H and O–H groups in total. The largest absolute Gasteiger partial charge is 0.376 e. The maximum atomic E-state index is 14.2. The van der Waals surface area contributed by atoms with Crippen LogP contribution in [0.15, 0.2) is 72.8 Å². The van der Waals surface area contributed by atoms with E-state index in [0.29, 0.717) is 25.1 Å². The molecule has 3 aliphatic heterocycles. The molecule has 3 atom stereocenters. The number of hydrogen-bond acceptors (Lipinski definition) is 4. The minimum atomic E-state index is -0.780. The van der Waals surface area contributed by atoms with Crippen molar-refractivity contribution in [3.63, 3.8) is 0 Å². The van der Waals surface area contributed by atoms with Gasteiger partial charge in [-0.1, -0.05) is 42.5 Å². The standard InChI is InChI=1S/C31H27FN4O4/c32-19-13-11-18(12-14-19)28-27-23(21-7-1-3-9-24(21)34-27)16-26-30(38)36(31(39)35(26)28)25-10-4-2-8-22(25)29(37)33-17-20-6-5-15-40-20/h1-4,7-14,20,26,28,34H,5-6,15-17H2,(H,33,37). The van der Waals surface area contributed by atoms with Crippen molar-refractivity contribution < 1.29 is 23.5 Å². The Balaban J connectivity index is 1.29. The monoisotopic (exact) mass is 538 g/mol. The highest BCUT2D eigenvalue weighted by Gasteiger charge is 2.53. The Kier molecular flexibility index (Phi) is 5.89. The van der Waals surface area contributed by atoms with Crippen LogP contribution >= 0.6 is 0 Å². The van der Waals surface area contributed by atoms with Gasteiger partial charge in [-0.25, -0.2) is 14.1 Å². The molecule has 3 aliphatic rings. The molecule has 0 saturated carbocycles. The quantitative estimate of drug-likeness (QED) is 0.360. The number of halogens is 1. The van der Waals surface area contributed by atoms with Gasteiger partial charge in [0, 0.05) is 36.2 Å². The molecule has 9 heteroatoms. The molecule has 8 nitrogen and oxygen atoms in total. The number of benzene rings is 3. The molecule has 2 saturated heterocycles. The molecule has 40 heavy (non-hydrogen) atoms. The van der Waals surface area contributed by atoms with Gasteiger partial charge in [0.25, 0.3) is 11.8 Å². The van der Waals surface area contributed by atoms with E-state index in [1.165, 1.54) is 12.1 Å². The van der Waals surface area contributed by atoms with Crippen LogP contribution in [-0.4, -0.2) is 53.0 Å². The van der Waals surface area contributed by atoms with Gasteiger partial charge in [0.15, 0.2) is 0 Å². The molecule has 7 rings (SSSR count). The highest BCUT2D eigenvalue weighted by Crippen LogP contribution is 2.45. The average Bonchev–Trinajstić information content (AvgIpc) is 3.69. The summed E-state index contributed by atoms with van der Waals surface area (Å²) in [5.74, 6) is -1.16. The van der Waals surface area contributed by atoms with Gasteiger partial charge >= 0.3 is 6.03 Å². The normalized spacial score (nSPS) is 22.1. The number of nitrogens with one attached hydrogen (secondary N) is 2. The lowest BCUT2D eigenvalue weighted by Gasteiger charge is -2.36. The first-order valence-electron chi connectivity index (χ1n) is 13.5. The topological polar surface area (TPSA) is 94.7 Å². The Labute approximate surface area is 229 Å². The lowest BCUT2D eigenvalue weighted by molar-refractivity contribution is -0.120. The van der Waals surface area contributed by atoms with E-state index in [1.54, 1.807) is 41.3 Å². The SMILES string of the molecule is O=C(NCC1CCCO1)c1ccccc1N1C(=O)C2Cc3c([nH]c4ccccc34)C(c3ccc(F)cc3)N2C1=O. The summed E-state index contributed by atoms with van der Waals surface area (Å²) in [7, 11) is 0. The number of aromatic nitrogens is 1. The molecule has 0 radical (unpaired) electrons. The number of para-hydroxylation sites is 2. The van der Waals surface area contributed by atoms with Crippen LogP contribution in [0.3, 0.4) is 0 Å². The van der Waals surface area contributed by atoms with Crippen molar-refractivity contribution >= 4 is 34.4 Å². The van der Waals surface area contributed by atoms with Gasteiger partial charge in [-0.3, -0.25) is 14.5 Å². The number of fused-ring (bicyclic) bond motifs is 4. The molecule has 3 aromatic carbocycles. The number of H-pyrrole nitrogens is 1. The van der Waals surface area contributed by atoms with Crippen LogP contribution in [0.1, 0.15) is 46.1 Å². The van der Waals surface area contributed by atoms with Crippen LogP contribution in [0.25, 0.3) is 10.9 Å². The predicted molar refractivity (Wildman–Crippen MR) is 147 cm³/mol. The molecule has 2 fully saturated rings. The summed E-state index contributed by atoms with van der Waals surface area (Å²) >= 11 is 0. The Morgan fingerprint density at radius 2 is 1.80 bits per heavy atom. The molecular weight excluding hydrogens is 511 g/mol. The summed E-state index contributed by atoms with van der Waals surface area (Å²) in [5, 5.41) is 3.88. The van der Waals surface area contributed by atoms with Crippen molar-refractivity contribution in [1.82, 2.24) is 15.2 Å².